The van der Waals surface area contributed by atoms with Gasteiger partial charge in [-0.1, -0.05) is 11.6 Å². The molecule has 0 aromatic heterocycles. The molecular formula is C16H16ClNO6S. The number of ether oxygens (including phenoxy) is 3. The number of halogens is 1. The van der Waals surface area contributed by atoms with Crippen LogP contribution in [0.1, 0.15) is 10.4 Å². The third-order valence-electron chi connectivity index (χ3n) is 3.28. The molecule has 1 N–H and O–H groups in total. The predicted octanol–water partition coefficient (Wildman–Crippen LogP) is 2.94. The minimum atomic E-state index is -4.00. The Morgan fingerprint density at radius 1 is 1.04 bits per heavy atom. The lowest BCUT2D eigenvalue weighted by Crippen LogP contribution is -2.15. The Balaban J connectivity index is 2.44. The van der Waals surface area contributed by atoms with Crippen LogP contribution in [0.4, 0.5) is 5.69 Å². The Morgan fingerprint density at radius 3 is 2.36 bits per heavy atom. The molecule has 0 aliphatic carbocycles. The Bertz CT molecular complexity index is 897. The first-order valence-electron chi connectivity index (χ1n) is 6.95. The summed E-state index contributed by atoms with van der Waals surface area (Å²) in [5, 5.41) is 0.147. The number of hydrogen-bond acceptors (Lipinski definition) is 6. The molecule has 0 saturated carbocycles. The van der Waals surface area contributed by atoms with E-state index in [2.05, 4.69) is 9.46 Å². The molecule has 0 radical (unpaired) electrons. The number of carbonyl (C=O) groups excluding carboxylic acids is 1. The standard InChI is InChI=1S/C16H16ClNO6S/c1-22-11-5-7-14(23-2)15(9-11)25(20,21)18-10-4-6-13(17)12(8-10)16(19)24-3/h4-9,18H,1-3H3. The van der Waals surface area contributed by atoms with Crippen molar-refractivity contribution >= 4 is 33.3 Å². The third-order valence-corrected chi connectivity index (χ3v) is 5.02. The van der Waals surface area contributed by atoms with Gasteiger partial charge in [-0.25, -0.2) is 13.2 Å². The number of benzene rings is 2. The first kappa shape index (κ1) is 18.9. The number of esters is 1. The topological polar surface area (TPSA) is 90.9 Å². The summed E-state index contributed by atoms with van der Waals surface area (Å²) in [6, 6.07) is 8.51. The lowest BCUT2D eigenvalue weighted by Gasteiger charge is -2.13. The summed E-state index contributed by atoms with van der Waals surface area (Å²) < 4.78 is 42.5. The van der Waals surface area contributed by atoms with E-state index in [1.807, 2.05) is 0 Å². The van der Waals surface area contributed by atoms with Gasteiger partial charge in [0.1, 0.15) is 16.4 Å². The van der Waals surface area contributed by atoms with Crippen LogP contribution in [-0.2, 0) is 14.8 Å². The van der Waals surface area contributed by atoms with Gasteiger partial charge in [-0.2, -0.15) is 0 Å². The highest BCUT2D eigenvalue weighted by atomic mass is 35.5. The van der Waals surface area contributed by atoms with Crippen LogP contribution in [0, 0.1) is 0 Å². The molecule has 2 aromatic carbocycles. The van der Waals surface area contributed by atoms with Crippen molar-refractivity contribution < 1.29 is 27.4 Å². The molecular weight excluding hydrogens is 370 g/mol. The molecule has 0 saturated heterocycles. The molecule has 0 spiro atoms. The fourth-order valence-electron chi connectivity index (χ4n) is 2.06. The highest BCUT2D eigenvalue weighted by Gasteiger charge is 2.22. The van der Waals surface area contributed by atoms with Gasteiger partial charge < -0.3 is 14.2 Å². The zero-order valence-corrected chi connectivity index (χ0v) is 15.3. The van der Waals surface area contributed by atoms with Gasteiger partial charge >= 0.3 is 5.97 Å². The van der Waals surface area contributed by atoms with Gasteiger partial charge in [0.25, 0.3) is 10.0 Å². The molecule has 0 unspecified atom stereocenters. The van der Waals surface area contributed by atoms with Crippen LogP contribution in [-0.4, -0.2) is 35.7 Å². The van der Waals surface area contributed by atoms with Gasteiger partial charge in [0.2, 0.25) is 0 Å². The van der Waals surface area contributed by atoms with Crippen LogP contribution in [0.15, 0.2) is 41.3 Å². The van der Waals surface area contributed by atoms with Crippen molar-refractivity contribution in [3.63, 3.8) is 0 Å². The molecule has 0 aliphatic heterocycles. The number of methoxy groups -OCH3 is 3. The summed E-state index contributed by atoms with van der Waals surface area (Å²) in [6.07, 6.45) is 0. The molecule has 0 atom stereocenters. The minimum Gasteiger partial charge on any atom is -0.497 e. The maximum Gasteiger partial charge on any atom is 0.339 e. The highest BCUT2D eigenvalue weighted by molar-refractivity contribution is 7.92. The van der Waals surface area contributed by atoms with Gasteiger partial charge in [-0.05, 0) is 30.3 Å². The minimum absolute atomic E-state index is 0.0435. The average Bonchev–Trinajstić information content (AvgIpc) is 2.61. The molecule has 9 heteroatoms. The Hall–Kier alpha value is -2.45. The number of hydrogen-bond donors (Lipinski definition) is 1. The van der Waals surface area contributed by atoms with Crippen LogP contribution in [0.3, 0.4) is 0 Å². The molecule has 0 bridgehead atoms. The Kier molecular flexibility index (Phi) is 5.76. The summed E-state index contributed by atoms with van der Waals surface area (Å²) in [6.45, 7) is 0. The number of rotatable bonds is 6. The zero-order chi connectivity index (χ0) is 18.6. The van der Waals surface area contributed by atoms with E-state index < -0.39 is 16.0 Å². The molecule has 0 amide bonds. The van der Waals surface area contributed by atoms with E-state index in [0.717, 1.165) is 0 Å². The largest absolute Gasteiger partial charge is 0.497 e. The second kappa shape index (κ2) is 7.62. The number of carbonyl (C=O) groups is 1. The van der Waals surface area contributed by atoms with E-state index in [-0.39, 0.29) is 26.9 Å². The summed E-state index contributed by atoms with van der Waals surface area (Å²) in [4.78, 5) is 11.6. The Morgan fingerprint density at radius 2 is 1.76 bits per heavy atom. The summed E-state index contributed by atoms with van der Waals surface area (Å²) in [5.41, 5.74) is 0.191. The summed E-state index contributed by atoms with van der Waals surface area (Å²) >= 11 is 5.93. The first-order valence-corrected chi connectivity index (χ1v) is 8.81. The Labute approximate surface area is 150 Å². The fraction of sp³-hybridized carbons (Fsp3) is 0.188. The second-order valence-electron chi connectivity index (χ2n) is 4.81. The molecule has 0 fully saturated rings. The highest BCUT2D eigenvalue weighted by Crippen LogP contribution is 2.30. The van der Waals surface area contributed by atoms with Crippen molar-refractivity contribution in [1.29, 1.82) is 0 Å². The van der Waals surface area contributed by atoms with Crippen LogP contribution in [0.25, 0.3) is 0 Å². The van der Waals surface area contributed by atoms with Crippen LogP contribution >= 0.6 is 11.6 Å². The van der Waals surface area contributed by atoms with Crippen molar-refractivity contribution in [3.8, 4) is 11.5 Å². The van der Waals surface area contributed by atoms with Crippen molar-refractivity contribution in [3.05, 3.63) is 47.0 Å². The van der Waals surface area contributed by atoms with E-state index in [1.54, 1.807) is 6.07 Å². The SMILES string of the molecule is COC(=O)c1cc(NS(=O)(=O)c2cc(OC)ccc2OC)ccc1Cl. The predicted molar refractivity (Wildman–Crippen MR) is 93.1 cm³/mol. The van der Waals surface area contributed by atoms with Crippen molar-refractivity contribution in [2.24, 2.45) is 0 Å². The fourth-order valence-corrected chi connectivity index (χ4v) is 3.49. The second-order valence-corrected chi connectivity index (χ2v) is 6.87. The van der Waals surface area contributed by atoms with Crippen molar-refractivity contribution in [2.75, 3.05) is 26.1 Å². The third kappa shape index (κ3) is 4.15. The molecule has 2 aromatic rings. The van der Waals surface area contributed by atoms with Crippen LogP contribution < -0.4 is 14.2 Å². The zero-order valence-electron chi connectivity index (χ0n) is 13.7. The normalized spacial score (nSPS) is 10.9. The van der Waals surface area contributed by atoms with Crippen molar-refractivity contribution in [2.45, 2.75) is 4.90 Å². The van der Waals surface area contributed by atoms with Gasteiger partial charge in [0, 0.05) is 11.8 Å². The smallest absolute Gasteiger partial charge is 0.339 e. The monoisotopic (exact) mass is 385 g/mol. The summed E-state index contributed by atoms with van der Waals surface area (Å²) in [5.74, 6) is -0.173. The van der Waals surface area contributed by atoms with Crippen molar-refractivity contribution in [1.82, 2.24) is 0 Å². The van der Waals surface area contributed by atoms with Gasteiger partial charge in [0.15, 0.2) is 0 Å². The molecule has 0 heterocycles. The molecule has 2 rings (SSSR count). The molecule has 7 nitrogen and oxygen atoms in total. The van der Waals surface area contributed by atoms with E-state index in [0.29, 0.717) is 5.75 Å². The molecule has 134 valence electrons. The van der Waals surface area contributed by atoms with Gasteiger partial charge in [0.05, 0.1) is 31.9 Å². The van der Waals surface area contributed by atoms with Crippen LogP contribution in [0.2, 0.25) is 5.02 Å². The first-order chi connectivity index (χ1) is 11.8. The average molecular weight is 386 g/mol. The quantitative estimate of drug-likeness (QED) is 0.769. The number of anilines is 1. The van der Waals surface area contributed by atoms with E-state index in [9.17, 15) is 13.2 Å². The summed E-state index contributed by atoms with van der Waals surface area (Å²) in [7, 11) is -0.0123. The lowest BCUT2D eigenvalue weighted by atomic mass is 10.2. The van der Waals surface area contributed by atoms with Gasteiger partial charge in [-0.15, -0.1) is 0 Å². The van der Waals surface area contributed by atoms with E-state index >= 15 is 0 Å². The van der Waals surface area contributed by atoms with E-state index in [4.69, 9.17) is 21.1 Å². The van der Waals surface area contributed by atoms with Gasteiger partial charge in [-0.3, -0.25) is 4.72 Å². The molecule has 25 heavy (non-hydrogen) atoms. The maximum absolute atomic E-state index is 12.7. The number of sulfonamides is 1. The maximum atomic E-state index is 12.7. The van der Waals surface area contributed by atoms with E-state index in [1.165, 1.54) is 51.7 Å². The molecule has 0 aliphatic rings. The number of nitrogens with one attached hydrogen (secondary N) is 1. The lowest BCUT2D eigenvalue weighted by molar-refractivity contribution is 0.0601. The van der Waals surface area contributed by atoms with Crippen LogP contribution in [0.5, 0.6) is 11.5 Å².